The summed E-state index contributed by atoms with van der Waals surface area (Å²) < 4.78 is 13.1. The molecule has 1 aliphatic rings. The van der Waals surface area contributed by atoms with Crippen molar-refractivity contribution in [3.8, 4) is 0 Å². The first-order valence-corrected chi connectivity index (χ1v) is 3.79. The summed E-state index contributed by atoms with van der Waals surface area (Å²) in [5.74, 6) is -0.745. The highest BCUT2D eigenvalue weighted by Gasteiger charge is 2.27. The molecule has 0 radical (unpaired) electrons. The standard InChI is InChI=1S/C9H8FNO/c1-5-6-3-2-4-7(10)8(6)9(12)11-5/h2-5H,1H3,(H,11,12). The fraction of sp³-hybridized carbons (Fsp3) is 0.222. The predicted molar refractivity (Wildman–Crippen MR) is 42.3 cm³/mol. The van der Waals surface area contributed by atoms with Gasteiger partial charge < -0.3 is 5.32 Å². The van der Waals surface area contributed by atoms with Gasteiger partial charge in [0.1, 0.15) is 5.82 Å². The maximum Gasteiger partial charge on any atom is 0.255 e. The van der Waals surface area contributed by atoms with Gasteiger partial charge in [-0.15, -0.1) is 0 Å². The molecule has 1 heterocycles. The molecule has 0 fully saturated rings. The Morgan fingerprint density at radius 3 is 2.92 bits per heavy atom. The fourth-order valence-electron chi connectivity index (χ4n) is 1.49. The Morgan fingerprint density at radius 1 is 1.50 bits per heavy atom. The number of amides is 1. The smallest absolute Gasteiger partial charge is 0.255 e. The Morgan fingerprint density at radius 2 is 2.25 bits per heavy atom. The minimum absolute atomic E-state index is 0.0665. The highest BCUT2D eigenvalue weighted by atomic mass is 19.1. The van der Waals surface area contributed by atoms with Crippen LogP contribution in [0.4, 0.5) is 4.39 Å². The van der Waals surface area contributed by atoms with Gasteiger partial charge in [0.15, 0.2) is 0 Å². The van der Waals surface area contributed by atoms with Crippen LogP contribution in [0.3, 0.4) is 0 Å². The molecule has 0 saturated heterocycles. The normalized spacial score (nSPS) is 20.5. The molecule has 1 unspecified atom stereocenters. The zero-order valence-corrected chi connectivity index (χ0v) is 6.60. The van der Waals surface area contributed by atoms with Crippen molar-refractivity contribution in [1.29, 1.82) is 0 Å². The SMILES string of the molecule is CC1NC(=O)c2c(F)cccc21. The number of carbonyl (C=O) groups is 1. The molecular formula is C9H8FNO. The van der Waals surface area contributed by atoms with E-state index in [1.165, 1.54) is 6.07 Å². The van der Waals surface area contributed by atoms with Crippen LogP contribution in [-0.2, 0) is 0 Å². The van der Waals surface area contributed by atoms with Crippen LogP contribution < -0.4 is 5.32 Å². The van der Waals surface area contributed by atoms with Gasteiger partial charge in [-0.1, -0.05) is 12.1 Å². The second-order valence-corrected chi connectivity index (χ2v) is 2.90. The molecule has 2 rings (SSSR count). The van der Waals surface area contributed by atoms with Gasteiger partial charge >= 0.3 is 0 Å². The Bertz CT molecular complexity index is 348. The monoisotopic (exact) mass is 165 g/mol. The van der Waals surface area contributed by atoms with Crippen LogP contribution in [0.25, 0.3) is 0 Å². The van der Waals surface area contributed by atoms with E-state index in [9.17, 15) is 9.18 Å². The molecule has 1 aromatic carbocycles. The van der Waals surface area contributed by atoms with Crippen LogP contribution >= 0.6 is 0 Å². The second kappa shape index (κ2) is 2.30. The molecule has 1 atom stereocenters. The Balaban J connectivity index is 2.67. The molecule has 1 aromatic rings. The predicted octanol–water partition coefficient (Wildman–Crippen LogP) is 1.63. The van der Waals surface area contributed by atoms with Gasteiger partial charge in [-0.05, 0) is 18.6 Å². The molecule has 1 amide bonds. The Labute approximate surface area is 69.4 Å². The molecule has 0 aliphatic carbocycles. The van der Waals surface area contributed by atoms with Crippen molar-refractivity contribution in [2.75, 3.05) is 0 Å². The average molecular weight is 165 g/mol. The summed E-state index contributed by atoms with van der Waals surface area (Å²) in [6.45, 7) is 1.84. The van der Waals surface area contributed by atoms with Gasteiger partial charge in [-0.25, -0.2) is 4.39 Å². The van der Waals surface area contributed by atoms with E-state index in [4.69, 9.17) is 0 Å². The summed E-state index contributed by atoms with van der Waals surface area (Å²) in [6, 6.07) is 4.62. The molecule has 0 saturated carbocycles. The molecule has 3 heteroatoms. The number of hydrogen-bond donors (Lipinski definition) is 1. The molecule has 0 spiro atoms. The number of benzene rings is 1. The number of hydrogen-bond acceptors (Lipinski definition) is 1. The number of fused-ring (bicyclic) bond motifs is 1. The third kappa shape index (κ3) is 0.826. The van der Waals surface area contributed by atoms with Crippen molar-refractivity contribution in [1.82, 2.24) is 5.32 Å². The van der Waals surface area contributed by atoms with Crippen molar-refractivity contribution >= 4 is 5.91 Å². The lowest BCUT2D eigenvalue weighted by Gasteiger charge is -2.01. The average Bonchev–Trinajstić information content (AvgIpc) is 2.29. The van der Waals surface area contributed by atoms with Gasteiger partial charge in [0, 0.05) is 0 Å². The largest absolute Gasteiger partial charge is 0.345 e. The highest BCUT2D eigenvalue weighted by Crippen LogP contribution is 2.26. The van der Waals surface area contributed by atoms with Gasteiger partial charge in [0.25, 0.3) is 5.91 Å². The van der Waals surface area contributed by atoms with E-state index >= 15 is 0 Å². The van der Waals surface area contributed by atoms with Gasteiger partial charge in [-0.3, -0.25) is 4.79 Å². The topological polar surface area (TPSA) is 29.1 Å². The van der Waals surface area contributed by atoms with Gasteiger partial charge in [0.05, 0.1) is 11.6 Å². The van der Waals surface area contributed by atoms with Crippen molar-refractivity contribution in [2.45, 2.75) is 13.0 Å². The zero-order chi connectivity index (χ0) is 8.72. The fourth-order valence-corrected chi connectivity index (χ4v) is 1.49. The van der Waals surface area contributed by atoms with Crippen LogP contribution in [0.2, 0.25) is 0 Å². The lowest BCUT2D eigenvalue weighted by Crippen LogP contribution is -2.16. The lowest BCUT2D eigenvalue weighted by atomic mass is 10.1. The van der Waals surface area contributed by atoms with Gasteiger partial charge in [-0.2, -0.15) is 0 Å². The molecule has 0 bridgehead atoms. The maximum atomic E-state index is 13.1. The third-order valence-corrected chi connectivity index (χ3v) is 2.09. The minimum Gasteiger partial charge on any atom is -0.345 e. The number of halogens is 1. The van der Waals surface area contributed by atoms with Crippen LogP contribution in [0, 0.1) is 5.82 Å². The summed E-state index contributed by atoms with van der Waals surface area (Å²) in [7, 11) is 0. The van der Waals surface area contributed by atoms with E-state index in [0.29, 0.717) is 0 Å². The van der Waals surface area contributed by atoms with E-state index < -0.39 is 5.82 Å². The molecule has 1 N–H and O–H groups in total. The third-order valence-electron chi connectivity index (χ3n) is 2.09. The zero-order valence-electron chi connectivity index (χ0n) is 6.60. The molecule has 2 nitrogen and oxygen atoms in total. The van der Waals surface area contributed by atoms with Crippen LogP contribution in [0.1, 0.15) is 28.9 Å². The molecule has 12 heavy (non-hydrogen) atoms. The molecule has 0 aromatic heterocycles. The van der Waals surface area contributed by atoms with Crippen LogP contribution in [0.15, 0.2) is 18.2 Å². The van der Waals surface area contributed by atoms with E-state index in [-0.39, 0.29) is 17.5 Å². The summed E-state index contributed by atoms with van der Waals surface area (Å²) >= 11 is 0. The van der Waals surface area contributed by atoms with Crippen LogP contribution in [0.5, 0.6) is 0 Å². The first-order chi connectivity index (χ1) is 5.70. The number of carbonyl (C=O) groups excluding carboxylic acids is 1. The van der Waals surface area contributed by atoms with E-state index in [0.717, 1.165) is 5.56 Å². The van der Waals surface area contributed by atoms with Crippen molar-refractivity contribution in [3.63, 3.8) is 0 Å². The molecular weight excluding hydrogens is 157 g/mol. The Kier molecular flexibility index (Phi) is 1.40. The van der Waals surface area contributed by atoms with E-state index in [2.05, 4.69) is 5.32 Å². The first-order valence-electron chi connectivity index (χ1n) is 3.79. The summed E-state index contributed by atoms with van der Waals surface area (Å²) in [5.41, 5.74) is 0.949. The minimum atomic E-state index is -0.436. The van der Waals surface area contributed by atoms with Gasteiger partial charge in [0.2, 0.25) is 0 Å². The lowest BCUT2D eigenvalue weighted by molar-refractivity contribution is 0.0955. The van der Waals surface area contributed by atoms with E-state index in [1.54, 1.807) is 12.1 Å². The van der Waals surface area contributed by atoms with Crippen molar-refractivity contribution in [2.24, 2.45) is 0 Å². The second-order valence-electron chi connectivity index (χ2n) is 2.90. The molecule has 62 valence electrons. The quantitative estimate of drug-likeness (QED) is 0.622. The van der Waals surface area contributed by atoms with Crippen molar-refractivity contribution < 1.29 is 9.18 Å². The van der Waals surface area contributed by atoms with E-state index in [1.807, 2.05) is 6.92 Å². The Hall–Kier alpha value is -1.38. The highest BCUT2D eigenvalue weighted by molar-refractivity contribution is 5.99. The first kappa shape index (κ1) is 7.28. The number of nitrogens with one attached hydrogen (secondary N) is 1. The van der Waals surface area contributed by atoms with Crippen LogP contribution in [-0.4, -0.2) is 5.91 Å². The summed E-state index contributed by atoms with van der Waals surface area (Å²) in [6.07, 6.45) is 0. The summed E-state index contributed by atoms with van der Waals surface area (Å²) in [5, 5.41) is 2.64. The molecule has 1 aliphatic heterocycles. The maximum absolute atomic E-state index is 13.1. The number of rotatable bonds is 0. The van der Waals surface area contributed by atoms with Crippen molar-refractivity contribution in [3.05, 3.63) is 35.1 Å². The summed E-state index contributed by atoms with van der Waals surface area (Å²) in [4.78, 5) is 11.1.